The Kier molecular flexibility index (Phi) is 4.44. The van der Waals surface area contributed by atoms with E-state index in [1.54, 1.807) is 0 Å². The molecular formula is C15H24ClN3. The molecule has 2 fully saturated rings. The number of halogens is 1. The van der Waals surface area contributed by atoms with Crippen molar-refractivity contribution in [3.8, 4) is 0 Å². The molecule has 0 bridgehead atoms. The number of hydrogen-bond acceptors (Lipinski definition) is 2. The SMILES string of the molecule is ClC1CCCN(Cc2ccn(C3CCCCC3)n2)C1. The summed E-state index contributed by atoms with van der Waals surface area (Å²) < 4.78 is 2.20. The molecule has 0 spiro atoms. The maximum absolute atomic E-state index is 6.24. The van der Waals surface area contributed by atoms with Crippen LogP contribution in [-0.4, -0.2) is 33.1 Å². The number of hydrogen-bond donors (Lipinski definition) is 0. The topological polar surface area (TPSA) is 21.1 Å². The second kappa shape index (κ2) is 6.27. The van der Waals surface area contributed by atoms with E-state index in [0.29, 0.717) is 11.4 Å². The molecule has 19 heavy (non-hydrogen) atoms. The Hall–Kier alpha value is -0.540. The first kappa shape index (κ1) is 13.4. The normalized spacial score (nSPS) is 26.7. The highest BCUT2D eigenvalue weighted by atomic mass is 35.5. The Morgan fingerprint density at radius 2 is 2.00 bits per heavy atom. The Morgan fingerprint density at radius 3 is 2.79 bits per heavy atom. The highest BCUT2D eigenvalue weighted by Gasteiger charge is 2.20. The molecule has 0 amide bonds. The van der Waals surface area contributed by atoms with Gasteiger partial charge in [0, 0.05) is 24.7 Å². The lowest BCUT2D eigenvalue weighted by Gasteiger charge is -2.29. The summed E-state index contributed by atoms with van der Waals surface area (Å²) in [6.07, 6.45) is 11.3. The van der Waals surface area contributed by atoms with E-state index in [4.69, 9.17) is 16.7 Å². The number of piperidine rings is 1. The Bertz CT molecular complexity index is 398. The van der Waals surface area contributed by atoms with Gasteiger partial charge in [-0.3, -0.25) is 9.58 Å². The monoisotopic (exact) mass is 281 g/mol. The van der Waals surface area contributed by atoms with E-state index in [1.807, 2.05) is 0 Å². The van der Waals surface area contributed by atoms with E-state index in [9.17, 15) is 0 Å². The predicted octanol–water partition coefficient (Wildman–Crippen LogP) is 3.59. The summed E-state index contributed by atoms with van der Waals surface area (Å²) in [6, 6.07) is 2.83. The van der Waals surface area contributed by atoms with Crippen molar-refractivity contribution in [1.29, 1.82) is 0 Å². The van der Waals surface area contributed by atoms with Crippen LogP contribution in [0.1, 0.15) is 56.7 Å². The molecule has 4 heteroatoms. The minimum absolute atomic E-state index is 0.328. The molecule has 1 unspecified atom stereocenters. The van der Waals surface area contributed by atoms with Crippen molar-refractivity contribution in [2.45, 2.75) is 62.9 Å². The molecule has 0 N–H and O–H groups in total. The van der Waals surface area contributed by atoms with Crippen LogP contribution < -0.4 is 0 Å². The molecule has 0 radical (unpaired) electrons. The van der Waals surface area contributed by atoms with Gasteiger partial charge in [-0.2, -0.15) is 5.10 Å². The minimum atomic E-state index is 0.328. The third-order valence-corrected chi connectivity index (χ3v) is 4.80. The molecule has 3 rings (SSSR count). The Balaban J connectivity index is 1.58. The second-order valence-electron chi connectivity index (χ2n) is 6.05. The van der Waals surface area contributed by atoms with Crippen LogP contribution in [0.2, 0.25) is 0 Å². The molecule has 1 atom stereocenters. The predicted molar refractivity (Wildman–Crippen MR) is 78.5 cm³/mol. The first-order valence-electron chi connectivity index (χ1n) is 7.72. The molecule has 2 aliphatic rings. The largest absolute Gasteiger partial charge is 0.296 e. The standard InChI is InChI=1S/C15H24ClN3/c16-13-5-4-9-18(11-13)12-14-8-10-19(17-14)15-6-2-1-3-7-15/h8,10,13,15H,1-7,9,11-12H2. The molecule has 0 aromatic carbocycles. The van der Waals surface area contributed by atoms with Crippen LogP contribution in [0.4, 0.5) is 0 Å². The van der Waals surface area contributed by atoms with Gasteiger partial charge in [-0.15, -0.1) is 11.6 Å². The zero-order valence-electron chi connectivity index (χ0n) is 11.6. The maximum Gasteiger partial charge on any atom is 0.0764 e. The maximum atomic E-state index is 6.24. The lowest BCUT2D eigenvalue weighted by molar-refractivity contribution is 0.220. The summed E-state index contributed by atoms with van der Waals surface area (Å²) in [7, 11) is 0. The Labute approximate surface area is 120 Å². The summed E-state index contributed by atoms with van der Waals surface area (Å²) in [5.74, 6) is 0. The van der Waals surface area contributed by atoms with E-state index in [0.717, 1.165) is 19.5 Å². The molecule has 106 valence electrons. The summed E-state index contributed by atoms with van der Waals surface area (Å²) in [5, 5.41) is 5.11. The zero-order valence-corrected chi connectivity index (χ0v) is 12.4. The highest BCUT2D eigenvalue weighted by molar-refractivity contribution is 6.20. The van der Waals surface area contributed by atoms with Gasteiger partial charge in [0.1, 0.15) is 0 Å². The van der Waals surface area contributed by atoms with Gasteiger partial charge < -0.3 is 0 Å². The number of aromatic nitrogens is 2. The van der Waals surface area contributed by atoms with E-state index in [2.05, 4.69) is 21.8 Å². The van der Waals surface area contributed by atoms with Gasteiger partial charge in [-0.05, 0) is 38.3 Å². The van der Waals surface area contributed by atoms with Gasteiger partial charge in [0.05, 0.1) is 11.7 Å². The van der Waals surface area contributed by atoms with Gasteiger partial charge >= 0.3 is 0 Å². The van der Waals surface area contributed by atoms with E-state index in [-0.39, 0.29) is 0 Å². The molecule has 1 aliphatic carbocycles. The molecule has 2 heterocycles. The van der Waals surface area contributed by atoms with Gasteiger partial charge in [0.25, 0.3) is 0 Å². The molecule has 3 nitrogen and oxygen atoms in total. The van der Waals surface area contributed by atoms with Crippen LogP contribution in [0.5, 0.6) is 0 Å². The smallest absolute Gasteiger partial charge is 0.0764 e. The van der Waals surface area contributed by atoms with Crippen molar-refractivity contribution < 1.29 is 0 Å². The quantitative estimate of drug-likeness (QED) is 0.790. The third-order valence-electron chi connectivity index (χ3n) is 4.45. The molecule has 1 aliphatic heterocycles. The van der Waals surface area contributed by atoms with Crippen LogP contribution in [0.25, 0.3) is 0 Å². The van der Waals surface area contributed by atoms with E-state index in [1.165, 1.54) is 50.8 Å². The van der Waals surface area contributed by atoms with Crippen molar-refractivity contribution in [3.05, 3.63) is 18.0 Å². The first-order valence-corrected chi connectivity index (χ1v) is 8.15. The van der Waals surface area contributed by atoms with Gasteiger partial charge in [-0.1, -0.05) is 19.3 Å². The Morgan fingerprint density at radius 1 is 1.16 bits per heavy atom. The highest BCUT2D eigenvalue weighted by Crippen LogP contribution is 2.27. The molecule has 1 aromatic rings. The van der Waals surface area contributed by atoms with E-state index < -0.39 is 0 Å². The van der Waals surface area contributed by atoms with Crippen LogP contribution in [-0.2, 0) is 6.54 Å². The van der Waals surface area contributed by atoms with Gasteiger partial charge in [0.15, 0.2) is 0 Å². The zero-order chi connectivity index (χ0) is 13.1. The first-order chi connectivity index (χ1) is 9.31. The van der Waals surface area contributed by atoms with Crippen molar-refractivity contribution in [2.75, 3.05) is 13.1 Å². The average molecular weight is 282 g/mol. The number of likely N-dealkylation sites (tertiary alicyclic amines) is 1. The molecule has 1 saturated carbocycles. The number of alkyl halides is 1. The minimum Gasteiger partial charge on any atom is -0.296 e. The van der Waals surface area contributed by atoms with Crippen molar-refractivity contribution in [1.82, 2.24) is 14.7 Å². The lowest BCUT2D eigenvalue weighted by atomic mass is 9.96. The third kappa shape index (κ3) is 3.51. The van der Waals surface area contributed by atoms with Crippen LogP contribution in [0.15, 0.2) is 12.3 Å². The molecule has 1 saturated heterocycles. The number of nitrogens with zero attached hydrogens (tertiary/aromatic N) is 3. The van der Waals surface area contributed by atoms with Crippen LogP contribution in [0.3, 0.4) is 0 Å². The molecule has 1 aromatic heterocycles. The van der Waals surface area contributed by atoms with Gasteiger partial charge in [0.2, 0.25) is 0 Å². The lowest BCUT2D eigenvalue weighted by Crippen LogP contribution is -2.35. The average Bonchev–Trinajstić information content (AvgIpc) is 2.88. The van der Waals surface area contributed by atoms with Crippen LogP contribution >= 0.6 is 11.6 Å². The second-order valence-corrected chi connectivity index (χ2v) is 6.67. The fraction of sp³-hybridized carbons (Fsp3) is 0.800. The molecular weight excluding hydrogens is 258 g/mol. The summed E-state index contributed by atoms with van der Waals surface area (Å²) in [6.45, 7) is 3.14. The summed E-state index contributed by atoms with van der Waals surface area (Å²) >= 11 is 6.24. The summed E-state index contributed by atoms with van der Waals surface area (Å²) in [5.41, 5.74) is 1.20. The fourth-order valence-corrected chi connectivity index (χ4v) is 3.73. The van der Waals surface area contributed by atoms with Crippen molar-refractivity contribution in [2.24, 2.45) is 0 Å². The van der Waals surface area contributed by atoms with Gasteiger partial charge in [-0.25, -0.2) is 0 Å². The van der Waals surface area contributed by atoms with Crippen LogP contribution in [0, 0.1) is 0 Å². The van der Waals surface area contributed by atoms with Crippen molar-refractivity contribution in [3.63, 3.8) is 0 Å². The fourth-order valence-electron chi connectivity index (χ4n) is 3.38. The number of rotatable bonds is 3. The van der Waals surface area contributed by atoms with Crippen molar-refractivity contribution >= 4 is 11.6 Å². The summed E-state index contributed by atoms with van der Waals surface area (Å²) in [4.78, 5) is 2.44. The van der Waals surface area contributed by atoms with E-state index >= 15 is 0 Å².